The van der Waals surface area contributed by atoms with E-state index < -0.39 is 5.54 Å². The molecule has 1 aromatic carbocycles. The van der Waals surface area contributed by atoms with Gasteiger partial charge in [-0.1, -0.05) is 23.8 Å². The van der Waals surface area contributed by atoms with Crippen LogP contribution < -0.4 is 5.32 Å². The first kappa shape index (κ1) is 19.6. The van der Waals surface area contributed by atoms with E-state index in [4.69, 9.17) is 9.57 Å². The molecule has 6 nitrogen and oxygen atoms in total. The first-order valence-corrected chi connectivity index (χ1v) is 8.60. The number of carbonyl (C=O) groups excluding carboxylic acids is 2. The number of hydrogen-bond donors (Lipinski definition) is 1. The fraction of sp³-hybridized carbons (Fsp3) is 0.579. The van der Waals surface area contributed by atoms with E-state index in [0.29, 0.717) is 32.4 Å². The average molecular weight is 348 g/mol. The Hall–Kier alpha value is -1.76. The van der Waals surface area contributed by atoms with E-state index in [1.165, 1.54) is 7.11 Å². The van der Waals surface area contributed by atoms with Gasteiger partial charge in [-0.05, 0) is 37.8 Å². The zero-order valence-electron chi connectivity index (χ0n) is 15.6. The second kappa shape index (κ2) is 8.56. The summed E-state index contributed by atoms with van der Waals surface area (Å²) >= 11 is 0. The molecule has 25 heavy (non-hydrogen) atoms. The SMILES string of the molecule is COC(=O)C1(NCC(=O)Cc2cc(C)ccc2C)CCN(OC)CC1. The molecule has 0 spiro atoms. The molecule has 1 aliphatic rings. The Morgan fingerprint density at radius 2 is 1.88 bits per heavy atom. The van der Waals surface area contributed by atoms with Crippen molar-refractivity contribution in [3.8, 4) is 0 Å². The van der Waals surface area contributed by atoms with E-state index in [0.717, 1.165) is 16.7 Å². The zero-order valence-corrected chi connectivity index (χ0v) is 15.6. The van der Waals surface area contributed by atoms with Crippen LogP contribution in [-0.2, 0) is 25.6 Å². The molecule has 0 amide bonds. The van der Waals surface area contributed by atoms with Crippen LogP contribution in [0.2, 0.25) is 0 Å². The maximum absolute atomic E-state index is 12.4. The molecule has 1 fully saturated rings. The van der Waals surface area contributed by atoms with E-state index in [1.54, 1.807) is 12.2 Å². The fourth-order valence-corrected chi connectivity index (χ4v) is 3.23. The molecule has 0 aromatic heterocycles. The normalized spacial score (nSPS) is 17.3. The van der Waals surface area contributed by atoms with Crippen LogP contribution in [0.5, 0.6) is 0 Å². The van der Waals surface area contributed by atoms with Crippen molar-refractivity contribution in [2.75, 3.05) is 33.9 Å². The van der Waals surface area contributed by atoms with Crippen molar-refractivity contribution < 1.29 is 19.2 Å². The highest BCUT2D eigenvalue weighted by Crippen LogP contribution is 2.24. The number of piperidine rings is 1. The summed E-state index contributed by atoms with van der Waals surface area (Å²) in [7, 11) is 3.00. The van der Waals surface area contributed by atoms with Gasteiger partial charge in [0, 0.05) is 19.5 Å². The minimum atomic E-state index is -0.818. The van der Waals surface area contributed by atoms with Crippen LogP contribution in [0.4, 0.5) is 0 Å². The summed E-state index contributed by atoms with van der Waals surface area (Å²) in [6.07, 6.45) is 1.45. The second-order valence-corrected chi connectivity index (χ2v) is 6.68. The summed E-state index contributed by atoms with van der Waals surface area (Å²) in [6, 6.07) is 6.11. The van der Waals surface area contributed by atoms with Gasteiger partial charge >= 0.3 is 5.97 Å². The van der Waals surface area contributed by atoms with E-state index in [1.807, 2.05) is 32.0 Å². The van der Waals surface area contributed by atoms with Crippen LogP contribution in [-0.4, -0.2) is 56.2 Å². The number of hydroxylamine groups is 2. The van der Waals surface area contributed by atoms with Crippen molar-refractivity contribution in [3.63, 3.8) is 0 Å². The molecular formula is C19H28N2O4. The van der Waals surface area contributed by atoms with Crippen molar-refractivity contribution in [2.24, 2.45) is 0 Å². The monoisotopic (exact) mass is 348 g/mol. The Bertz CT molecular complexity index is 622. The number of carbonyl (C=O) groups is 2. The number of hydrogen-bond acceptors (Lipinski definition) is 6. The topological polar surface area (TPSA) is 67.9 Å². The summed E-state index contributed by atoms with van der Waals surface area (Å²) in [5, 5.41) is 4.98. The highest BCUT2D eigenvalue weighted by atomic mass is 16.7. The molecule has 0 bridgehead atoms. The Morgan fingerprint density at radius 1 is 1.20 bits per heavy atom. The number of ketones is 1. The van der Waals surface area contributed by atoms with Crippen molar-refractivity contribution >= 4 is 11.8 Å². The lowest BCUT2D eigenvalue weighted by Gasteiger charge is -2.39. The molecule has 2 rings (SSSR count). The molecule has 0 atom stereocenters. The van der Waals surface area contributed by atoms with Gasteiger partial charge in [-0.25, -0.2) is 0 Å². The Kier molecular flexibility index (Phi) is 6.70. The summed E-state index contributed by atoms with van der Waals surface area (Å²) < 4.78 is 4.98. The largest absolute Gasteiger partial charge is 0.468 e. The Labute approximate surface area is 149 Å². The van der Waals surface area contributed by atoms with Gasteiger partial charge in [-0.3, -0.25) is 14.9 Å². The quantitative estimate of drug-likeness (QED) is 0.755. The smallest absolute Gasteiger partial charge is 0.326 e. The van der Waals surface area contributed by atoms with Crippen molar-refractivity contribution in [1.29, 1.82) is 0 Å². The van der Waals surface area contributed by atoms with E-state index in [9.17, 15) is 9.59 Å². The van der Waals surface area contributed by atoms with Crippen LogP contribution >= 0.6 is 0 Å². The molecule has 138 valence electrons. The molecule has 0 aliphatic carbocycles. The zero-order chi connectivity index (χ0) is 18.4. The molecule has 6 heteroatoms. The number of aryl methyl sites for hydroxylation is 2. The summed E-state index contributed by atoms with van der Waals surface area (Å²) in [6.45, 7) is 5.40. The van der Waals surface area contributed by atoms with Crippen molar-refractivity contribution in [1.82, 2.24) is 10.4 Å². The van der Waals surface area contributed by atoms with Crippen LogP contribution in [0.25, 0.3) is 0 Å². The maximum Gasteiger partial charge on any atom is 0.326 e. The van der Waals surface area contributed by atoms with Crippen LogP contribution in [0, 0.1) is 13.8 Å². The van der Waals surface area contributed by atoms with Gasteiger partial charge in [-0.2, -0.15) is 5.06 Å². The molecule has 0 saturated carbocycles. The highest BCUT2D eigenvalue weighted by molar-refractivity contribution is 5.85. The number of rotatable bonds is 7. The van der Waals surface area contributed by atoms with Gasteiger partial charge in [0.2, 0.25) is 0 Å². The standard InChI is InChI=1S/C19H28N2O4/c1-14-5-6-15(2)16(11-14)12-17(22)13-20-19(18(23)24-3)7-9-21(25-4)10-8-19/h5-6,11,20H,7-10,12-13H2,1-4H3. The molecule has 1 saturated heterocycles. The number of Topliss-reactive ketones (excluding diaryl/α,β-unsaturated/α-hetero) is 1. The predicted molar refractivity (Wildman–Crippen MR) is 95.2 cm³/mol. The Balaban J connectivity index is 1.99. The third kappa shape index (κ3) is 4.87. The van der Waals surface area contributed by atoms with E-state index >= 15 is 0 Å². The number of nitrogens with zero attached hydrogens (tertiary/aromatic N) is 1. The second-order valence-electron chi connectivity index (χ2n) is 6.68. The van der Waals surface area contributed by atoms with Gasteiger partial charge in [0.15, 0.2) is 5.78 Å². The molecule has 1 aromatic rings. The third-order valence-electron chi connectivity index (χ3n) is 4.93. The van der Waals surface area contributed by atoms with Crippen LogP contribution in [0.1, 0.15) is 29.5 Å². The summed E-state index contributed by atoms with van der Waals surface area (Å²) in [5.41, 5.74) is 2.46. The van der Waals surface area contributed by atoms with Crippen LogP contribution in [0.3, 0.4) is 0 Å². The number of esters is 1. The van der Waals surface area contributed by atoms with Gasteiger partial charge in [0.05, 0.1) is 20.8 Å². The lowest BCUT2D eigenvalue weighted by Crippen LogP contribution is -2.59. The number of benzene rings is 1. The number of methoxy groups -OCH3 is 1. The van der Waals surface area contributed by atoms with Crippen molar-refractivity contribution in [2.45, 2.75) is 38.6 Å². The Morgan fingerprint density at radius 3 is 2.48 bits per heavy atom. The molecule has 1 aliphatic heterocycles. The molecule has 0 radical (unpaired) electrons. The minimum absolute atomic E-state index is 0.0612. The van der Waals surface area contributed by atoms with E-state index in [2.05, 4.69) is 5.32 Å². The van der Waals surface area contributed by atoms with Gasteiger partial charge < -0.3 is 9.57 Å². The maximum atomic E-state index is 12.4. The van der Waals surface area contributed by atoms with Crippen molar-refractivity contribution in [3.05, 3.63) is 34.9 Å². The fourth-order valence-electron chi connectivity index (χ4n) is 3.23. The number of nitrogens with one attached hydrogen (secondary N) is 1. The summed E-state index contributed by atoms with van der Waals surface area (Å²) in [4.78, 5) is 30.0. The molecule has 1 heterocycles. The first-order valence-electron chi connectivity index (χ1n) is 8.60. The van der Waals surface area contributed by atoms with Gasteiger partial charge in [-0.15, -0.1) is 0 Å². The molecule has 1 N–H and O–H groups in total. The number of ether oxygens (including phenoxy) is 1. The van der Waals surface area contributed by atoms with E-state index in [-0.39, 0.29) is 18.3 Å². The van der Waals surface area contributed by atoms with Gasteiger partial charge in [0.25, 0.3) is 0 Å². The minimum Gasteiger partial charge on any atom is -0.468 e. The lowest BCUT2D eigenvalue weighted by atomic mass is 9.87. The average Bonchev–Trinajstić information content (AvgIpc) is 2.62. The van der Waals surface area contributed by atoms with Gasteiger partial charge in [0.1, 0.15) is 5.54 Å². The third-order valence-corrected chi connectivity index (χ3v) is 4.93. The lowest BCUT2D eigenvalue weighted by molar-refractivity contribution is -0.170. The highest BCUT2D eigenvalue weighted by Gasteiger charge is 2.42. The molecule has 0 unspecified atom stereocenters. The predicted octanol–water partition coefficient (Wildman–Crippen LogP) is 1.57. The summed E-state index contributed by atoms with van der Waals surface area (Å²) in [5.74, 6) is -0.256. The van der Waals surface area contributed by atoms with Crippen LogP contribution in [0.15, 0.2) is 18.2 Å². The molecular weight excluding hydrogens is 320 g/mol. The first-order chi connectivity index (χ1) is 11.9.